The van der Waals surface area contributed by atoms with Crippen LogP contribution in [0.1, 0.15) is 26.7 Å². The van der Waals surface area contributed by atoms with Crippen LogP contribution in [0.15, 0.2) is 149 Å². The fraction of sp³-hybridized carbons (Fsp3) is 0.0541. The monoisotopic (exact) mass is 691 g/mol. The number of amides is 3. The third kappa shape index (κ3) is 8.74. The molecule has 5 aromatic rings. The van der Waals surface area contributed by atoms with Crippen LogP contribution in [0, 0.1) is 0 Å². The van der Waals surface area contributed by atoms with Crippen molar-refractivity contribution < 1.29 is 19.1 Å². The highest BCUT2D eigenvalue weighted by atomic mass is 79.9. The zero-order valence-electron chi connectivity index (χ0n) is 24.8. The first-order valence-electron chi connectivity index (χ1n) is 14.3. The highest BCUT2D eigenvalue weighted by Gasteiger charge is 2.24. The van der Waals surface area contributed by atoms with Crippen LogP contribution in [0.5, 0.6) is 5.75 Å². The van der Waals surface area contributed by atoms with Gasteiger partial charge in [0, 0.05) is 20.6 Å². The molecule has 0 saturated heterocycles. The molecule has 0 spiro atoms. The fourth-order valence-corrected chi connectivity index (χ4v) is 5.84. The van der Waals surface area contributed by atoms with E-state index >= 15 is 0 Å². The molecule has 46 heavy (non-hydrogen) atoms. The van der Waals surface area contributed by atoms with E-state index in [1.54, 1.807) is 67.8 Å². The van der Waals surface area contributed by atoms with E-state index < -0.39 is 17.1 Å². The van der Waals surface area contributed by atoms with Crippen molar-refractivity contribution in [3.05, 3.63) is 160 Å². The van der Waals surface area contributed by atoms with Crippen molar-refractivity contribution in [3.63, 3.8) is 0 Å². The molecule has 7 nitrogen and oxygen atoms in total. The van der Waals surface area contributed by atoms with Crippen LogP contribution in [0.4, 0.5) is 11.4 Å². The zero-order valence-corrected chi connectivity index (χ0v) is 27.2. The number of carbonyl (C=O) groups excluding carboxylic acids is 3. The van der Waals surface area contributed by atoms with Gasteiger partial charge in [-0.15, -0.1) is 11.8 Å². The molecule has 1 unspecified atom stereocenters. The number of anilines is 2. The van der Waals surface area contributed by atoms with Gasteiger partial charge in [0.15, 0.2) is 0 Å². The van der Waals surface area contributed by atoms with Gasteiger partial charge in [-0.3, -0.25) is 14.4 Å². The lowest BCUT2D eigenvalue weighted by Crippen LogP contribution is -2.30. The number of hydrogen-bond acceptors (Lipinski definition) is 5. The van der Waals surface area contributed by atoms with Crippen molar-refractivity contribution in [2.45, 2.75) is 10.1 Å². The van der Waals surface area contributed by atoms with Gasteiger partial charge in [0.2, 0.25) is 5.91 Å². The Morgan fingerprint density at radius 3 is 2.15 bits per heavy atom. The zero-order chi connectivity index (χ0) is 32.3. The van der Waals surface area contributed by atoms with Crippen molar-refractivity contribution in [2.24, 2.45) is 0 Å². The molecule has 3 N–H and O–H groups in total. The first-order chi connectivity index (χ1) is 22.4. The number of nitrogens with one attached hydrogen (secondary N) is 3. The number of thioether (sulfide) groups is 1. The average Bonchev–Trinajstić information content (AvgIpc) is 3.09. The molecule has 1 atom stereocenters. The maximum atomic E-state index is 13.6. The third-order valence-electron chi connectivity index (χ3n) is 6.76. The number of halogens is 1. The molecule has 0 aliphatic heterocycles. The van der Waals surface area contributed by atoms with Crippen molar-refractivity contribution in [2.75, 3.05) is 17.7 Å². The molecule has 3 amide bonds. The van der Waals surface area contributed by atoms with E-state index in [4.69, 9.17) is 4.74 Å². The number of benzene rings is 5. The minimum Gasteiger partial charge on any atom is -0.495 e. The van der Waals surface area contributed by atoms with Crippen molar-refractivity contribution in [1.29, 1.82) is 0 Å². The van der Waals surface area contributed by atoms with Crippen LogP contribution in [-0.2, 0) is 9.59 Å². The lowest BCUT2D eigenvalue weighted by atomic mass is 10.1. The Labute approximate surface area is 280 Å². The molecule has 0 saturated carbocycles. The lowest BCUT2D eigenvalue weighted by Gasteiger charge is -2.19. The topological polar surface area (TPSA) is 96.5 Å². The van der Waals surface area contributed by atoms with E-state index in [0.29, 0.717) is 22.7 Å². The van der Waals surface area contributed by atoms with Crippen LogP contribution >= 0.6 is 27.7 Å². The molecule has 0 fully saturated rings. The molecule has 230 valence electrons. The summed E-state index contributed by atoms with van der Waals surface area (Å²) in [5, 5.41) is 8.06. The number of ether oxygens (including phenoxy) is 1. The van der Waals surface area contributed by atoms with E-state index in [0.717, 1.165) is 20.5 Å². The predicted octanol–water partition coefficient (Wildman–Crippen LogP) is 8.34. The van der Waals surface area contributed by atoms with Gasteiger partial charge < -0.3 is 20.7 Å². The van der Waals surface area contributed by atoms with Crippen LogP contribution in [0.25, 0.3) is 6.08 Å². The largest absolute Gasteiger partial charge is 0.495 e. The van der Waals surface area contributed by atoms with Crippen LogP contribution in [0.3, 0.4) is 0 Å². The summed E-state index contributed by atoms with van der Waals surface area (Å²) in [6, 6.07) is 40.0. The number of hydrogen-bond donors (Lipinski definition) is 3. The molecular weight excluding hydrogens is 662 g/mol. The normalized spacial score (nSPS) is 11.7. The molecule has 0 bridgehead atoms. The summed E-state index contributed by atoms with van der Waals surface area (Å²) in [4.78, 5) is 41.0. The van der Waals surface area contributed by atoms with Gasteiger partial charge in [-0.05, 0) is 71.8 Å². The summed E-state index contributed by atoms with van der Waals surface area (Å²) in [5.74, 6) is -0.569. The second kappa shape index (κ2) is 15.7. The van der Waals surface area contributed by atoms with Gasteiger partial charge in [-0.2, -0.15) is 0 Å². The molecule has 0 radical (unpaired) electrons. The molecule has 0 aromatic heterocycles. The minimum absolute atomic E-state index is 0.0765. The van der Waals surface area contributed by atoms with Gasteiger partial charge in [0.1, 0.15) is 16.7 Å². The third-order valence-corrected chi connectivity index (χ3v) is 8.54. The lowest BCUT2D eigenvalue weighted by molar-refractivity contribution is -0.116. The van der Waals surface area contributed by atoms with Crippen LogP contribution in [0.2, 0.25) is 0 Å². The Morgan fingerprint density at radius 2 is 1.43 bits per heavy atom. The smallest absolute Gasteiger partial charge is 0.272 e. The van der Waals surface area contributed by atoms with E-state index in [1.165, 1.54) is 11.8 Å². The second-order valence-corrected chi connectivity index (χ2v) is 12.1. The summed E-state index contributed by atoms with van der Waals surface area (Å²) >= 11 is 4.77. The van der Waals surface area contributed by atoms with Crippen molar-refractivity contribution in [1.82, 2.24) is 5.32 Å². The van der Waals surface area contributed by atoms with Crippen LogP contribution in [-0.4, -0.2) is 24.8 Å². The Bertz CT molecular complexity index is 1850. The van der Waals surface area contributed by atoms with E-state index in [1.807, 2.05) is 78.9 Å². The summed E-state index contributed by atoms with van der Waals surface area (Å²) in [6.07, 6.45) is 1.62. The van der Waals surface area contributed by atoms with Crippen LogP contribution < -0.4 is 20.7 Å². The van der Waals surface area contributed by atoms with Gasteiger partial charge in [-0.25, -0.2) is 0 Å². The number of carbonyl (C=O) groups is 3. The molecule has 5 rings (SSSR count). The van der Waals surface area contributed by atoms with Crippen molar-refractivity contribution >= 4 is 62.9 Å². The predicted molar refractivity (Wildman–Crippen MR) is 188 cm³/mol. The molecule has 0 heterocycles. The first kappa shape index (κ1) is 32.3. The Hall–Kier alpha value is -5.12. The highest BCUT2D eigenvalue weighted by Crippen LogP contribution is 2.38. The van der Waals surface area contributed by atoms with Gasteiger partial charge in [-0.1, -0.05) is 94.8 Å². The summed E-state index contributed by atoms with van der Waals surface area (Å²) in [6.45, 7) is 0. The average molecular weight is 693 g/mol. The first-order valence-corrected chi connectivity index (χ1v) is 16.0. The standard InChI is InChI=1S/C37H30BrN3O4S/c1-45-33-18-9-8-17-31(33)40-37(44)34(26-11-4-2-5-12-26)46-30-16-10-15-29(24-30)39-36(43)32(23-25-19-21-28(38)22-20-25)41-35(42)27-13-6-3-7-14-27/h2-24,34H,1H3,(H,39,43)(H,40,44)(H,41,42)/b32-23-. The molecule has 0 aliphatic carbocycles. The van der Waals surface area contributed by atoms with Gasteiger partial charge in [0.25, 0.3) is 11.8 Å². The highest BCUT2D eigenvalue weighted by molar-refractivity contribution is 9.10. The number of methoxy groups -OCH3 is 1. The summed E-state index contributed by atoms with van der Waals surface area (Å²) in [7, 11) is 1.56. The Kier molecular flexibility index (Phi) is 11.0. The van der Waals surface area contributed by atoms with Gasteiger partial charge >= 0.3 is 0 Å². The molecule has 9 heteroatoms. The fourth-order valence-electron chi connectivity index (χ4n) is 4.50. The van der Waals surface area contributed by atoms with E-state index in [-0.39, 0.29) is 11.6 Å². The number of rotatable bonds is 11. The Balaban J connectivity index is 1.38. The minimum atomic E-state index is -0.602. The van der Waals surface area contributed by atoms with Crippen molar-refractivity contribution in [3.8, 4) is 5.75 Å². The second-order valence-electron chi connectivity index (χ2n) is 10.0. The van der Waals surface area contributed by atoms with E-state index in [9.17, 15) is 14.4 Å². The Morgan fingerprint density at radius 1 is 0.761 bits per heavy atom. The molecule has 0 aliphatic rings. The molecule has 5 aromatic carbocycles. The van der Waals surface area contributed by atoms with E-state index in [2.05, 4.69) is 31.9 Å². The maximum absolute atomic E-state index is 13.6. The maximum Gasteiger partial charge on any atom is 0.272 e. The number of para-hydroxylation sites is 2. The van der Waals surface area contributed by atoms with Gasteiger partial charge in [0.05, 0.1) is 12.8 Å². The molecular formula is C37H30BrN3O4S. The SMILES string of the molecule is COc1ccccc1NC(=O)C(Sc1cccc(NC(=O)/C(=C/c2ccc(Br)cc2)NC(=O)c2ccccc2)c1)c1ccccc1. The summed E-state index contributed by atoms with van der Waals surface area (Å²) < 4.78 is 6.31. The quantitative estimate of drug-likeness (QED) is 0.0956. The summed E-state index contributed by atoms with van der Waals surface area (Å²) in [5.41, 5.74) is 3.12.